The first kappa shape index (κ1) is 27.3. The number of nitrogens with one attached hydrogen (secondary N) is 1. The fourth-order valence-corrected chi connectivity index (χ4v) is 3.97. The molecule has 3 N–H and O–H groups in total. The Morgan fingerprint density at radius 1 is 1.14 bits per heavy atom. The number of terminal acetylenes is 1. The van der Waals surface area contributed by atoms with E-state index in [1.165, 1.54) is 0 Å². The predicted octanol–water partition coefficient (Wildman–Crippen LogP) is 3.77. The van der Waals surface area contributed by atoms with Gasteiger partial charge >= 0.3 is 0 Å². The van der Waals surface area contributed by atoms with E-state index in [1.54, 1.807) is 20.2 Å². The van der Waals surface area contributed by atoms with Crippen LogP contribution in [0.4, 0.5) is 11.4 Å². The molecule has 3 rings (SSSR count). The van der Waals surface area contributed by atoms with Crippen LogP contribution in [0, 0.1) is 12.3 Å². The lowest BCUT2D eigenvalue weighted by molar-refractivity contribution is 0.0538. The van der Waals surface area contributed by atoms with E-state index in [0.717, 1.165) is 54.7 Å². The summed E-state index contributed by atoms with van der Waals surface area (Å²) in [7, 11) is 5.51. The highest BCUT2D eigenvalue weighted by molar-refractivity contribution is 6.12. The molecule has 0 fully saturated rings. The fraction of sp³-hybridized carbons (Fsp3) is 0.464. The Bertz CT molecular complexity index is 1060. The number of methoxy groups -OCH3 is 1. The molecular weight excluding hydrogens is 456 g/mol. The van der Waals surface area contributed by atoms with Crippen molar-refractivity contribution < 1.29 is 18.9 Å². The van der Waals surface area contributed by atoms with Gasteiger partial charge in [0.2, 0.25) is 0 Å². The smallest absolute Gasteiger partial charge is 0.163 e. The van der Waals surface area contributed by atoms with Crippen molar-refractivity contribution in [1.29, 1.82) is 0 Å². The second kappa shape index (κ2) is 14.3. The number of rotatable bonds is 7. The van der Waals surface area contributed by atoms with E-state index in [2.05, 4.69) is 34.2 Å². The van der Waals surface area contributed by atoms with Crippen LogP contribution in [0.25, 0.3) is 0 Å². The first-order chi connectivity index (χ1) is 17.5. The second-order valence-electron chi connectivity index (χ2n) is 8.70. The number of nitrogens with zero attached hydrogens (tertiary/aromatic N) is 2. The van der Waals surface area contributed by atoms with Crippen molar-refractivity contribution in [2.24, 2.45) is 4.99 Å². The number of ether oxygens (including phenoxy) is 4. The Hall–Kier alpha value is -3.25. The molecular formula is C28H38N4O4. The summed E-state index contributed by atoms with van der Waals surface area (Å²) in [4.78, 5) is 6.82. The minimum absolute atomic E-state index is 0.375. The van der Waals surface area contributed by atoms with E-state index < -0.39 is 0 Å². The molecule has 2 bridgehead atoms. The lowest BCUT2D eigenvalue weighted by Crippen LogP contribution is -2.22. The van der Waals surface area contributed by atoms with E-state index in [4.69, 9.17) is 31.1 Å². The maximum atomic E-state index is 6.49. The van der Waals surface area contributed by atoms with Gasteiger partial charge in [0, 0.05) is 49.3 Å². The lowest BCUT2D eigenvalue weighted by atomic mass is 10.1. The minimum atomic E-state index is 0.375. The van der Waals surface area contributed by atoms with Crippen molar-refractivity contribution in [1.82, 2.24) is 4.90 Å². The van der Waals surface area contributed by atoms with Gasteiger partial charge in [-0.25, -0.2) is 0 Å². The van der Waals surface area contributed by atoms with Gasteiger partial charge in [0.15, 0.2) is 11.5 Å². The molecule has 0 atom stereocenters. The molecule has 0 unspecified atom stereocenters. The van der Waals surface area contributed by atoms with Crippen molar-refractivity contribution in [3.05, 3.63) is 47.0 Å². The van der Waals surface area contributed by atoms with Gasteiger partial charge in [-0.3, -0.25) is 4.99 Å². The molecule has 0 saturated carbocycles. The van der Waals surface area contributed by atoms with Crippen LogP contribution < -0.4 is 20.5 Å². The van der Waals surface area contributed by atoms with Gasteiger partial charge in [0.1, 0.15) is 12.4 Å². The lowest BCUT2D eigenvalue weighted by Gasteiger charge is -2.21. The zero-order valence-electron chi connectivity index (χ0n) is 21.6. The van der Waals surface area contributed by atoms with Gasteiger partial charge in [-0.2, -0.15) is 0 Å². The topological polar surface area (TPSA) is 90.6 Å². The molecule has 0 saturated heterocycles. The molecule has 0 radical (unpaired) electrons. The van der Waals surface area contributed by atoms with Crippen molar-refractivity contribution in [2.45, 2.75) is 25.8 Å². The second-order valence-corrected chi connectivity index (χ2v) is 8.70. The van der Waals surface area contributed by atoms with Gasteiger partial charge in [-0.15, -0.1) is 6.42 Å². The average Bonchev–Trinajstić information content (AvgIpc) is 2.88. The molecule has 1 aliphatic rings. The zero-order chi connectivity index (χ0) is 25.8. The van der Waals surface area contributed by atoms with Crippen LogP contribution in [0.3, 0.4) is 0 Å². The van der Waals surface area contributed by atoms with Gasteiger partial charge in [0.25, 0.3) is 0 Å². The van der Waals surface area contributed by atoms with Crippen molar-refractivity contribution in [3.63, 3.8) is 0 Å². The summed E-state index contributed by atoms with van der Waals surface area (Å²) in [6.07, 6.45) is 8.79. The highest BCUT2D eigenvalue weighted by atomic mass is 16.5. The van der Waals surface area contributed by atoms with Crippen LogP contribution in [0.15, 0.2) is 35.3 Å². The summed E-state index contributed by atoms with van der Waals surface area (Å²) < 4.78 is 22.7. The SMILES string of the molecule is C#Cc1ccc2c(c1)NC(=NC)c1cc(c(OCCOCCOC)cc1N)OCCCCCN(C)C2. The van der Waals surface area contributed by atoms with E-state index >= 15 is 0 Å². The monoisotopic (exact) mass is 494 g/mol. The molecule has 0 amide bonds. The molecule has 1 heterocycles. The van der Waals surface area contributed by atoms with E-state index in [-0.39, 0.29) is 0 Å². The predicted molar refractivity (Wildman–Crippen MR) is 145 cm³/mol. The van der Waals surface area contributed by atoms with E-state index in [9.17, 15) is 0 Å². The van der Waals surface area contributed by atoms with Crippen LogP contribution >= 0.6 is 0 Å². The third kappa shape index (κ3) is 7.89. The number of nitrogens with two attached hydrogens (primary N) is 1. The standard InChI is InChI=1S/C28H38N4O4/c1-5-21-9-10-22-20-32(3)11-7-6-8-12-35-26-18-23(28(30-2)31-25(22)17-21)24(29)19-27(26)36-16-15-34-14-13-33-4/h1,9-10,17-19H,6-8,11-16,20,29H2,2-4H3,(H,30,31). The summed E-state index contributed by atoms with van der Waals surface area (Å²) in [6.45, 7) is 4.25. The minimum Gasteiger partial charge on any atom is -0.490 e. The summed E-state index contributed by atoms with van der Waals surface area (Å²) in [5.41, 5.74) is 10.6. The van der Waals surface area contributed by atoms with Crippen molar-refractivity contribution in [2.75, 3.05) is 71.8 Å². The summed E-state index contributed by atoms with van der Waals surface area (Å²) >= 11 is 0. The normalized spacial score (nSPS) is 16.1. The van der Waals surface area contributed by atoms with E-state index in [1.807, 2.05) is 18.2 Å². The number of amidine groups is 1. The summed E-state index contributed by atoms with van der Waals surface area (Å²) in [5, 5.41) is 3.47. The highest BCUT2D eigenvalue weighted by Crippen LogP contribution is 2.34. The Balaban J connectivity index is 1.91. The number of aliphatic imine (C=N–C) groups is 1. The molecule has 1 aliphatic heterocycles. The summed E-state index contributed by atoms with van der Waals surface area (Å²) in [6, 6.07) is 9.69. The number of hydrogen-bond acceptors (Lipinski definition) is 7. The molecule has 0 spiro atoms. The van der Waals surface area contributed by atoms with Crippen molar-refractivity contribution >= 4 is 17.2 Å². The first-order valence-electron chi connectivity index (χ1n) is 12.3. The Morgan fingerprint density at radius 2 is 1.97 bits per heavy atom. The quantitative estimate of drug-likeness (QED) is 0.344. The third-order valence-electron chi connectivity index (χ3n) is 5.92. The molecule has 8 heteroatoms. The molecule has 194 valence electrons. The Kier molecular flexibility index (Phi) is 10.9. The first-order valence-corrected chi connectivity index (χ1v) is 12.3. The van der Waals surface area contributed by atoms with Crippen molar-refractivity contribution in [3.8, 4) is 23.8 Å². The largest absolute Gasteiger partial charge is 0.490 e. The van der Waals surface area contributed by atoms with Crippen LogP contribution in [-0.4, -0.2) is 71.5 Å². The van der Waals surface area contributed by atoms with Gasteiger partial charge in [-0.1, -0.05) is 12.0 Å². The number of anilines is 2. The molecule has 0 aromatic heterocycles. The number of benzene rings is 2. The highest BCUT2D eigenvalue weighted by Gasteiger charge is 2.17. The Labute approximate surface area is 214 Å². The zero-order valence-corrected chi connectivity index (χ0v) is 21.6. The molecule has 36 heavy (non-hydrogen) atoms. The Morgan fingerprint density at radius 3 is 2.75 bits per heavy atom. The van der Waals surface area contributed by atoms with Crippen LogP contribution in [-0.2, 0) is 16.0 Å². The fourth-order valence-electron chi connectivity index (χ4n) is 3.97. The molecule has 2 aromatic rings. The number of fused-ring (bicyclic) bond motifs is 3. The number of nitrogen functional groups attached to an aromatic ring is 1. The molecule has 8 nitrogen and oxygen atoms in total. The van der Waals surface area contributed by atoms with Crippen LogP contribution in [0.5, 0.6) is 11.5 Å². The maximum absolute atomic E-state index is 6.49. The molecule has 2 aromatic carbocycles. The van der Waals surface area contributed by atoms with Gasteiger partial charge < -0.3 is 34.9 Å². The van der Waals surface area contributed by atoms with Gasteiger partial charge in [0.05, 0.1) is 26.4 Å². The van der Waals surface area contributed by atoms with E-state index in [0.29, 0.717) is 56.1 Å². The average molecular weight is 495 g/mol. The number of hydrogen-bond donors (Lipinski definition) is 2. The maximum Gasteiger partial charge on any atom is 0.163 e. The van der Waals surface area contributed by atoms with Crippen LogP contribution in [0.1, 0.15) is 36.0 Å². The van der Waals surface area contributed by atoms with Crippen LogP contribution in [0.2, 0.25) is 0 Å². The van der Waals surface area contributed by atoms with Gasteiger partial charge in [-0.05, 0) is 56.6 Å². The molecule has 0 aliphatic carbocycles. The third-order valence-corrected chi connectivity index (χ3v) is 5.92. The summed E-state index contributed by atoms with van der Waals surface area (Å²) in [5.74, 6) is 4.56.